The van der Waals surface area contributed by atoms with Crippen molar-refractivity contribution in [1.29, 1.82) is 0 Å². The molecule has 0 aliphatic rings. The zero-order valence-electron chi connectivity index (χ0n) is 11.3. The van der Waals surface area contributed by atoms with Crippen LogP contribution < -0.4 is 5.32 Å². The van der Waals surface area contributed by atoms with Crippen molar-refractivity contribution in [2.75, 3.05) is 53.1 Å². The van der Waals surface area contributed by atoms with Crippen LogP contribution >= 0.6 is 0 Å². The summed E-state index contributed by atoms with van der Waals surface area (Å²) < 4.78 is 10.4. The van der Waals surface area contributed by atoms with Crippen LogP contribution in [0, 0.1) is 0 Å². The lowest BCUT2D eigenvalue weighted by molar-refractivity contribution is 0.0991. The average Bonchev–Trinajstić information content (AvgIpc) is 2.30. The van der Waals surface area contributed by atoms with Gasteiger partial charge in [0.1, 0.15) is 0 Å². The monoisotopic (exact) mass is 232 g/mol. The Hall–Kier alpha value is -0.160. The van der Waals surface area contributed by atoms with Crippen LogP contribution in [0.25, 0.3) is 0 Å². The Morgan fingerprint density at radius 2 is 2.00 bits per heavy atom. The number of hydrogen-bond donors (Lipinski definition) is 1. The van der Waals surface area contributed by atoms with Crippen LogP contribution in [-0.4, -0.2) is 64.1 Å². The maximum atomic E-state index is 5.38. The van der Waals surface area contributed by atoms with Crippen LogP contribution in [0.1, 0.15) is 20.8 Å². The van der Waals surface area contributed by atoms with E-state index in [9.17, 15) is 0 Å². The van der Waals surface area contributed by atoms with Crippen LogP contribution in [0.3, 0.4) is 0 Å². The van der Waals surface area contributed by atoms with Crippen molar-refractivity contribution in [2.45, 2.75) is 26.8 Å². The van der Waals surface area contributed by atoms with Crippen molar-refractivity contribution < 1.29 is 9.47 Å². The number of ether oxygens (including phenoxy) is 2. The quantitative estimate of drug-likeness (QED) is 0.538. The molecule has 0 aromatic rings. The molecule has 16 heavy (non-hydrogen) atoms. The minimum absolute atomic E-state index is 0.544. The molecular weight excluding hydrogens is 204 g/mol. The first-order valence-corrected chi connectivity index (χ1v) is 6.27. The Morgan fingerprint density at radius 1 is 1.25 bits per heavy atom. The normalized spacial score (nSPS) is 13.3. The van der Waals surface area contributed by atoms with E-state index in [4.69, 9.17) is 9.47 Å². The summed E-state index contributed by atoms with van der Waals surface area (Å²) in [5.41, 5.74) is 0. The predicted octanol–water partition coefficient (Wildman–Crippen LogP) is 0.969. The highest BCUT2D eigenvalue weighted by atomic mass is 16.5. The first kappa shape index (κ1) is 15.8. The van der Waals surface area contributed by atoms with E-state index in [0.717, 1.165) is 46.0 Å². The molecule has 0 saturated heterocycles. The summed E-state index contributed by atoms with van der Waals surface area (Å²) in [7, 11) is 1.73. The van der Waals surface area contributed by atoms with Crippen LogP contribution in [-0.2, 0) is 9.47 Å². The number of nitrogens with one attached hydrogen (secondary N) is 1. The van der Waals surface area contributed by atoms with Crippen molar-refractivity contribution in [1.82, 2.24) is 10.2 Å². The maximum absolute atomic E-state index is 5.38. The highest BCUT2D eigenvalue weighted by Gasteiger charge is 2.10. The van der Waals surface area contributed by atoms with E-state index in [2.05, 4.69) is 24.1 Å². The summed E-state index contributed by atoms with van der Waals surface area (Å²) in [4.78, 5) is 2.43. The van der Waals surface area contributed by atoms with Gasteiger partial charge in [0, 0.05) is 39.4 Å². The molecule has 0 radical (unpaired) electrons. The molecular formula is C12H28N2O2. The van der Waals surface area contributed by atoms with Crippen molar-refractivity contribution in [3.8, 4) is 0 Å². The Balaban J connectivity index is 3.60. The lowest BCUT2D eigenvalue weighted by Crippen LogP contribution is -2.42. The first-order valence-electron chi connectivity index (χ1n) is 6.27. The number of methoxy groups -OCH3 is 1. The Kier molecular flexibility index (Phi) is 11.2. The fraction of sp³-hybridized carbons (Fsp3) is 1.00. The summed E-state index contributed by atoms with van der Waals surface area (Å²) in [6.07, 6.45) is 0. The topological polar surface area (TPSA) is 33.7 Å². The van der Waals surface area contributed by atoms with E-state index >= 15 is 0 Å². The number of nitrogens with zero attached hydrogens (tertiary/aromatic N) is 1. The molecule has 0 aromatic carbocycles. The summed E-state index contributed by atoms with van der Waals surface area (Å²) in [6.45, 7) is 12.9. The first-order chi connectivity index (χ1) is 7.76. The second-order valence-electron chi connectivity index (χ2n) is 3.87. The average molecular weight is 232 g/mol. The molecule has 1 atom stereocenters. The van der Waals surface area contributed by atoms with Crippen molar-refractivity contribution in [2.24, 2.45) is 0 Å². The molecule has 0 saturated carbocycles. The molecule has 0 heterocycles. The number of hydrogen-bond acceptors (Lipinski definition) is 4. The van der Waals surface area contributed by atoms with Gasteiger partial charge < -0.3 is 14.8 Å². The van der Waals surface area contributed by atoms with Crippen LogP contribution in [0.5, 0.6) is 0 Å². The molecule has 0 amide bonds. The standard InChI is InChI=1S/C12H28N2O2/c1-5-14(8-10-16-6-2)12(3)11-13-7-9-15-4/h12-13H,5-11H2,1-4H3. The maximum Gasteiger partial charge on any atom is 0.0593 e. The van der Waals surface area contributed by atoms with Crippen LogP contribution in [0.15, 0.2) is 0 Å². The molecule has 0 aliphatic carbocycles. The van der Waals surface area contributed by atoms with Gasteiger partial charge in [-0.25, -0.2) is 0 Å². The summed E-state index contributed by atoms with van der Waals surface area (Å²) in [6, 6.07) is 0.544. The van der Waals surface area contributed by atoms with Gasteiger partial charge in [-0.2, -0.15) is 0 Å². The van der Waals surface area contributed by atoms with Crippen molar-refractivity contribution in [3.63, 3.8) is 0 Å². The summed E-state index contributed by atoms with van der Waals surface area (Å²) >= 11 is 0. The molecule has 0 aromatic heterocycles. The van der Waals surface area contributed by atoms with Gasteiger partial charge in [0.05, 0.1) is 13.2 Å². The fourth-order valence-electron chi connectivity index (χ4n) is 1.63. The summed E-state index contributed by atoms with van der Waals surface area (Å²) in [5.74, 6) is 0. The molecule has 1 N–H and O–H groups in total. The highest BCUT2D eigenvalue weighted by molar-refractivity contribution is 4.68. The van der Waals surface area contributed by atoms with Gasteiger partial charge in [0.2, 0.25) is 0 Å². The highest BCUT2D eigenvalue weighted by Crippen LogP contribution is 1.97. The fourth-order valence-corrected chi connectivity index (χ4v) is 1.63. The molecule has 98 valence electrons. The van der Waals surface area contributed by atoms with Crippen molar-refractivity contribution >= 4 is 0 Å². The van der Waals surface area contributed by atoms with Gasteiger partial charge in [-0.1, -0.05) is 6.92 Å². The molecule has 1 unspecified atom stereocenters. The second kappa shape index (κ2) is 11.3. The zero-order chi connectivity index (χ0) is 12.2. The predicted molar refractivity (Wildman–Crippen MR) is 67.9 cm³/mol. The largest absolute Gasteiger partial charge is 0.383 e. The molecule has 0 aliphatic heterocycles. The van der Waals surface area contributed by atoms with Gasteiger partial charge in [-0.15, -0.1) is 0 Å². The van der Waals surface area contributed by atoms with Gasteiger partial charge in [-0.05, 0) is 20.4 Å². The Labute approximate surface area is 100 Å². The zero-order valence-corrected chi connectivity index (χ0v) is 11.3. The van der Waals surface area contributed by atoms with Crippen LogP contribution in [0.4, 0.5) is 0 Å². The third-order valence-corrected chi connectivity index (χ3v) is 2.68. The lowest BCUT2D eigenvalue weighted by atomic mass is 10.2. The van der Waals surface area contributed by atoms with E-state index < -0.39 is 0 Å². The van der Waals surface area contributed by atoms with E-state index in [-0.39, 0.29) is 0 Å². The second-order valence-corrected chi connectivity index (χ2v) is 3.87. The van der Waals surface area contributed by atoms with Gasteiger partial charge in [-0.3, -0.25) is 4.90 Å². The van der Waals surface area contributed by atoms with Gasteiger partial charge >= 0.3 is 0 Å². The molecule has 4 nitrogen and oxygen atoms in total. The van der Waals surface area contributed by atoms with Gasteiger partial charge in [0.15, 0.2) is 0 Å². The van der Waals surface area contributed by atoms with E-state index in [0.29, 0.717) is 6.04 Å². The number of likely N-dealkylation sites (N-methyl/N-ethyl adjacent to an activating group) is 1. The molecule has 0 bridgehead atoms. The molecule has 0 spiro atoms. The van der Waals surface area contributed by atoms with Crippen LogP contribution in [0.2, 0.25) is 0 Å². The van der Waals surface area contributed by atoms with E-state index in [1.165, 1.54) is 0 Å². The minimum Gasteiger partial charge on any atom is -0.383 e. The van der Waals surface area contributed by atoms with E-state index in [1.807, 2.05) is 6.92 Å². The minimum atomic E-state index is 0.544. The lowest BCUT2D eigenvalue weighted by Gasteiger charge is -2.27. The number of rotatable bonds is 11. The summed E-state index contributed by atoms with van der Waals surface area (Å²) in [5, 5.41) is 3.38. The molecule has 0 fully saturated rings. The third kappa shape index (κ3) is 8.05. The molecule has 0 rings (SSSR count). The molecule has 4 heteroatoms. The third-order valence-electron chi connectivity index (χ3n) is 2.68. The Morgan fingerprint density at radius 3 is 2.56 bits per heavy atom. The smallest absolute Gasteiger partial charge is 0.0593 e. The SMILES string of the molecule is CCOCCN(CC)C(C)CNCCOC. The Bertz CT molecular complexity index is 145. The van der Waals surface area contributed by atoms with Gasteiger partial charge in [0.25, 0.3) is 0 Å². The van der Waals surface area contributed by atoms with E-state index in [1.54, 1.807) is 7.11 Å². The van der Waals surface area contributed by atoms with Crippen molar-refractivity contribution in [3.05, 3.63) is 0 Å².